The molecule has 1 unspecified atom stereocenters. The van der Waals surface area contributed by atoms with Gasteiger partial charge >= 0.3 is 0 Å². The molecule has 3 heteroatoms. The molecule has 0 spiro atoms. The van der Waals surface area contributed by atoms with Crippen LogP contribution < -0.4 is 0 Å². The van der Waals surface area contributed by atoms with Crippen LogP contribution in [0.25, 0.3) is 0 Å². The average Bonchev–Trinajstić information content (AvgIpc) is 2.15. The summed E-state index contributed by atoms with van der Waals surface area (Å²) in [5.74, 6) is 0. The van der Waals surface area contributed by atoms with Gasteiger partial charge in [0.25, 0.3) is 0 Å². The molecule has 78 valence electrons. The third kappa shape index (κ3) is 3.24. The van der Waals surface area contributed by atoms with Gasteiger partial charge in [-0.3, -0.25) is 0 Å². The predicted molar refractivity (Wildman–Crippen MR) is 51.5 cm³/mol. The Kier molecular flexibility index (Phi) is 4.13. The molecule has 0 aromatic carbocycles. The van der Waals surface area contributed by atoms with Gasteiger partial charge in [0.2, 0.25) is 0 Å². The molecule has 1 N–H and O–H groups in total. The second-order valence-electron chi connectivity index (χ2n) is 4.04. The largest absolute Gasteiger partial charge is 0.393 e. The number of alkyl halides is 1. The van der Waals surface area contributed by atoms with E-state index in [1.54, 1.807) is 0 Å². The van der Waals surface area contributed by atoms with Crippen molar-refractivity contribution in [2.75, 3.05) is 26.2 Å². The maximum Gasteiger partial charge on any atom is 0.146 e. The molecule has 1 fully saturated rings. The Hall–Kier alpha value is -0.150. The minimum atomic E-state index is -1.33. The summed E-state index contributed by atoms with van der Waals surface area (Å²) >= 11 is 0. The molecular weight excluding hydrogens is 169 g/mol. The first-order valence-corrected chi connectivity index (χ1v) is 5.22. The minimum Gasteiger partial charge on any atom is -0.393 e. The third-order valence-corrected chi connectivity index (χ3v) is 2.72. The van der Waals surface area contributed by atoms with Crippen molar-refractivity contribution >= 4 is 0 Å². The fraction of sp³-hybridized carbons (Fsp3) is 1.00. The van der Waals surface area contributed by atoms with Crippen molar-refractivity contribution in [3.8, 4) is 0 Å². The van der Waals surface area contributed by atoms with Gasteiger partial charge in [0.1, 0.15) is 5.67 Å². The lowest BCUT2D eigenvalue weighted by atomic mass is 9.95. The van der Waals surface area contributed by atoms with E-state index in [-0.39, 0.29) is 6.61 Å². The monoisotopic (exact) mass is 189 g/mol. The summed E-state index contributed by atoms with van der Waals surface area (Å²) in [6.45, 7) is 4.20. The second-order valence-corrected chi connectivity index (χ2v) is 4.04. The van der Waals surface area contributed by atoms with E-state index in [9.17, 15) is 4.39 Å². The Morgan fingerprint density at radius 2 is 2.31 bits per heavy atom. The molecule has 0 aliphatic carbocycles. The topological polar surface area (TPSA) is 23.5 Å². The van der Waals surface area contributed by atoms with Crippen LogP contribution in [-0.4, -0.2) is 41.9 Å². The van der Waals surface area contributed by atoms with Crippen LogP contribution in [0.5, 0.6) is 0 Å². The Morgan fingerprint density at radius 3 is 2.92 bits per heavy atom. The first-order valence-electron chi connectivity index (χ1n) is 5.22. The summed E-state index contributed by atoms with van der Waals surface area (Å²) < 4.78 is 13.7. The lowest BCUT2D eigenvalue weighted by Gasteiger charge is -2.36. The van der Waals surface area contributed by atoms with E-state index in [2.05, 4.69) is 11.8 Å². The summed E-state index contributed by atoms with van der Waals surface area (Å²) in [4.78, 5) is 2.13. The molecule has 0 saturated carbocycles. The number of unbranched alkanes of at least 4 members (excludes halogenated alkanes) is 1. The molecular formula is C10H20FNO. The highest BCUT2D eigenvalue weighted by molar-refractivity contribution is 4.86. The number of hydrogen-bond acceptors (Lipinski definition) is 2. The van der Waals surface area contributed by atoms with Crippen molar-refractivity contribution in [2.24, 2.45) is 0 Å². The van der Waals surface area contributed by atoms with Gasteiger partial charge in [0.05, 0.1) is 6.61 Å². The van der Waals surface area contributed by atoms with Crippen LogP contribution in [0.1, 0.15) is 32.6 Å². The number of likely N-dealkylation sites (tertiary alicyclic amines) is 1. The fourth-order valence-electron chi connectivity index (χ4n) is 1.88. The van der Waals surface area contributed by atoms with Gasteiger partial charge < -0.3 is 10.0 Å². The van der Waals surface area contributed by atoms with Crippen molar-refractivity contribution in [3.05, 3.63) is 0 Å². The standard InChI is InChI=1S/C10H20FNO/c1-2-3-6-12-7-4-5-10(11,8-12)9-13/h13H,2-9H2,1H3. The molecule has 0 aromatic rings. The van der Waals surface area contributed by atoms with Gasteiger partial charge in [-0.2, -0.15) is 0 Å². The number of rotatable bonds is 4. The highest BCUT2D eigenvalue weighted by Gasteiger charge is 2.34. The number of aliphatic hydroxyl groups is 1. The highest BCUT2D eigenvalue weighted by atomic mass is 19.1. The molecule has 0 radical (unpaired) electrons. The molecule has 0 aromatic heterocycles. The number of nitrogens with zero attached hydrogens (tertiary/aromatic N) is 1. The molecule has 1 atom stereocenters. The number of halogens is 1. The van der Waals surface area contributed by atoms with Crippen LogP contribution in [0.15, 0.2) is 0 Å². The summed E-state index contributed by atoms with van der Waals surface area (Å²) in [5, 5.41) is 8.89. The van der Waals surface area contributed by atoms with Gasteiger partial charge in [-0.25, -0.2) is 4.39 Å². The van der Waals surface area contributed by atoms with Crippen molar-refractivity contribution in [3.63, 3.8) is 0 Å². The van der Waals surface area contributed by atoms with Crippen LogP contribution >= 0.6 is 0 Å². The zero-order valence-corrected chi connectivity index (χ0v) is 8.43. The fourth-order valence-corrected chi connectivity index (χ4v) is 1.88. The lowest BCUT2D eigenvalue weighted by molar-refractivity contribution is -0.00140. The van der Waals surface area contributed by atoms with Crippen LogP contribution in [0, 0.1) is 0 Å². The molecule has 1 aliphatic heterocycles. The normalized spacial score (nSPS) is 30.7. The first kappa shape index (κ1) is 10.9. The van der Waals surface area contributed by atoms with E-state index in [4.69, 9.17) is 5.11 Å². The first-order chi connectivity index (χ1) is 6.20. The Labute approximate surface area is 79.7 Å². The molecule has 1 aliphatic rings. The summed E-state index contributed by atoms with van der Waals surface area (Å²) in [5.41, 5.74) is -1.33. The predicted octanol–water partition coefficient (Wildman–Crippen LogP) is 1.58. The quantitative estimate of drug-likeness (QED) is 0.726. The van der Waals surface area contributed by atoms with Gasteiger partial charge in [-0.15, -0.1) is 0 Å². The van der Waals surface area contributed by atoms with E-state index in [0.717, 1.165) is 32.4 Å². The molecule has 0 bridgehead atoms. The Bertz CT molecular complexity index is 154. The average molecular weight is 189 g/mol. The minimum absolute atomic E-state index is 0.324. The van der Waals surface area contributed by atoms with Gasteiger partial charge in [-0.1, -0.05) is 13.3 Å². The summed E-state index contributed by atoms with van der Waals surface area (Å²) in [7, 11) is 0. The summed E-state index contributed by atoms with van der Waals surface area (Å²) in [6, 6.07) is 0. The van der Waals surface area contributed by atoms with Gasteiger partial charge in [0.15, 0.2) is 0 Å². The van der Waals surface area contributed by atoms with E-state index in [0.29, 0.717) is 13.0 Å². The lowest BCUT2D eigenvalue weighted by Crippen LogP contribution is -2.47. The molecule has 13 heavy (non-hydrogen) atoms. The van der Waals surface area contributed by atoms with Gasteiger partial charge in [0, 0.05) is 6.54 Å². The van der Waals surface area contributed by atoms with Crippen molar-refractivity contribution in [2.45, 2.75) is 38.3 Å². The van der Waals surface area contributed by atoms with Crippen molar-refractivity contribution < 1.29 is 9.50 Å². The Morgan fingerprint density at radius 1 is 1.54 bits per heavy atom. The maximum atomic E-state index is 13.7. The van der Waals surface area contributed by atoms with E-state index in [1.807, 2.05) is 0 Å². The van der Waals surface area contributed by atoms with Crippen molar-refractivity contribution in [1.82, 2.24) is 4.90 Å². The van der Waals surface area contributed by atoms with E-state index >= 15 is 0 Å². The third-order valence-electron chi connectivity index (χ3n) is 2.72. The van der Waals surface area contributed by atoms with E-state index < -0.39 is 5.67 Å². The van der Waals surface area contributed by atoms with Crippen LogP contribution in [0.4, 0.5) is 4.39 Å². The second kappa shape index (κ2) is 4.91. The maximum absolute atomic E-state index is 13.7. The molecule has 1 saturated heterocycles. The van der Waals surface area contributed by atoms with Crippen molar-refractivity contribution in [1.29, 1.82) is 0 Å². The number of aliphatic hydroxyl groups excluding tert-OH is 1. The van der Waals surface area contributed by atoms with Crippen LogP contribution in [0.2, 0.25) is 0 Å². The smallest absolute Gasteiger partial charge is 0.146 e. The number of hydrogen-bond donors (Lipinski definition) is 1. The van der Waals surface area contributed by atoms with Gasteiger partial charge in [-0.05, 0) is 32.4 Å². The number of piperidine rings is 1. The molecule has 1 rings (SSSR count). The Balaban J connectivity index is 2.33. The van der Waals surface area contributed by atoms with E-state index in [1.165, 1.54) is 0 Å². The van der Waals surface area contributed by atoms with Crippen LogP contribution in [-0.2, 0) is 0 Å². The zero-order chi connectivity index (χ0) is 9.73. The zero-order valence-electron chi connectivity index (χ0n) is 8.43. The highest BCUT2D eigenvalue weighted by Crippen LogP contribution is 2.24. The molecule has 1 heterocycles. The molecule has 0 amide bonds. The SMILES string of the molecule is CCCCN1CCCC(F)(CO)C1. The summed E-state index contributed by atoms with van der Waals surface area (Å²) in [6.07, 6.45) is 3.67. The molecule has 2 nitrogen and oxygen atoms in total. The van der Waals surface area contributed by atoms with Crippen LogP contribution in [0.3, 0.4) is 0 Å².